The summed E-state index contributed by atoms with van der Waals surface area (Å²) in [6.07, 6.45) is 0. The largest absolute Gasteiger partial charge is 0.350 e. The maximum Gasteiger partial charge on any atom is 0.171 e. The zero-order valence-electron chi connectivity index (χ0n) is 15.0. The summed E-state index contributed by atoms with van der Waals surface area (Å²) >= 11 is 5.52. The molecule has 0 bridgehead atoms. The number of quaternary nitrogens is 1. The minimum absolute atomic E-state index is 0.186. The van der Waals surface area contributed by atoms with E-state index >= 15 is 0 Å². The van der Waals surface area contributed by atoms with Gasteiger partial charge in [0.15, 0.2) is 5.11 Å². The number of rotatable bonds is 6. The van der Waals surface area contributed by atoms with Crippen molar-refractivity contribution in [2.24, 2.45) is 0 Å². The molecule has 2 aromatic rings. The lowest BCUT2D eigenvalue weighted by molar-refractivity contribution is -0.860. The lowest BCUT2D eigenvalue weighted by Gasteiger charge is -2.22. The molecule has 2 rings (SSSR count). The topological polar surface area (TPSA) is 28.5 Å². The third kappa shape index (κ3) is 5.62. The third-order valence-electron chi connectivity index (χ3n) is 3.95. The molecule has 0 heterocycles. The van der Waals surface area contributed by atoms with Crippen molar-refractivity contribution in [1.82, 2.24) is 5.32 Å². The quantitative estimate of drug-likeness (QED) is 0.705. The number of nitrogens with one attached hydrogen (secondary N) is 3. The van der Waals surface area contributed by atoms with Crippen LogP contribution >= 0.6 is 12.2 Å². The van der Waals surface area contributed by atoms with E-state index in [9.17, 15) is 0 Å². The van der Waals surface area contributed by atoms with Crippen LogP contribution < -0.4 is 15.5 Å². The number of anilines is 1. The Morgan fingerprint density at radius 2 is 1.58 bits per heavy atom. The standard InChI is InChI=1S/C20H27N3S/c1-15(2)16-10-12-18(13-11-16)21-20(24)22-19(14-23(3)4)17-8-6-5-7-9-17/h5-13,15,19H,14H2,1-4H3,(H2,21,22,24)/p+1/t19-/m0/s1. The van der Waals surface area contributed by atoms with E-state index < -0.39 is 0 Å². The Labute approximate surface area is 151 Å². The van der Waals surface area contributed by atoms with Gasteiger partial charge < -0.3 is 15.5 Å². The molecule has 0 aliphatic carbocycles. The molecule has 0 spiro atoms. The van der Waals surface area contributed by atoms with Crippen LogP contribution in [0.1, 0.15) is 36.9 Å². The predicted molar refractivity (Wildman–Crippen MR) is 107 cm³/mol. The Balaban J connectivity index is 2.02. The van der Waals surface area contributed by atoms with Gasteiger partial charge in [-0.1, -0.05) is 56.3 Å². The van der Waals surface area contributed by atoms with Gasteiger partial charge in [-0.05, 0) is 41.4 Å². The van der Waals surface area contributed by atoms with Crippen molar-refractivity contribution in [2.75, 3.05) is 26.0 Å². The van der Waals surface area contributed by atoms with Gasteiger partial charge in [0.2, 0.25) is 0 Å². The van der Waals surface area contributed by atoms with Crippen LogP contribution in [0.5, 0.6) is 0 Å². The van der Waals surface area contributed by atoms with Crippen LogP contribution in [-0.4, -0.2) is 25.8 Å². The molecule has 0 saturated carbocycles. The molecule has 24 heavy (non-hydrogen) atoms. The summed E-state index contributed by atoms with van der Waals surface area (Å²) in [5.41, 5.74) is 3.59. The van der Waals surface area contributed by atoms with Crippen LogP contribution in [0.2, 0.25) is 0 Å². The maximum atomic E-state index is 5.52. The van der Waals surface area contributed by atoms with Crippen LogP contribution in [-0.2, 0) is 0 Å². The van der Waals surface area contributed by atoms with Crippen molar-refractivity contribution in [3.8, 4) is 0 Å². The van der Waals surface area contributed by atoms with E-state index in [4.69, 9.17) is 12.2 Å². The highest BCUT2D eigenvalue weighted by molar-refractivity contribution is 7.80. The summed E-state index contributed by atoms with van der Waals surface area (Å²) in [7, 11) is 4.30. The average molecular weight is 343 g/mol. The summed E-state index contributed by atoms with van der Waals surface area (Å²) in [5, 5.41) is 7.40. The monoisotopic (exact) mass is 342 g/mol. The normalized spacial score (nSPS) is 12.2. The van der Waals surface area contributed by atoms with Crippen molar-refractivity contribution >= 4 is 23.0 Å². The van der Waals surface area contributed by atoms with Gasteiger partial charge in [0.1, 0.15) is 12.6 Å². The van der Waals surface area contributed by atoms with Gasteiger partial charge >= 0.3 is 0 Å². The van der Waals surface area contributed by atoms with E-state index in [-0.39, 0.29) is 6.04 Å². The Bertz CT molecular complexity index is 636. The van der Waals surface area contributed by atoms with Crippen LogP contribution in [0.4, 0.5) is 5.69 Å². The van der Waals surface area contributed by atoms with Crippen LogP contribution in [0.15, 0.2) is 54.6 Å². The molecular formula is C20H28N3S+. The Morgan fingerprint density at radius 3 is 2.12 bits per heavy atom. The van der Waals surface area contributed by atoms with Gasteiger partial charge in [0, 0.05) is 5.69 Å². The highest BCUT2D eigenvalue weighted by Crippen LogP contribution is 2.17. The molecule has 0 amide bonds. The first kappa shape index (κ1) is 18.4. The fraction of sp³-hybridized carbons (Fsp3) is 0.350. The second kappa shape index (κ2) is 8.81. The van der Waals surface area contributed by atoms with Crippen molar-refractivity contribution in [1.29, 1.82) is 0 Å². The molecule has 128 valence electrons. The van der Waals surface area contributed by atoms with Gasteiger partial charge in [-0.25, -0.2) is 0 Å². The molecule has 0 aliphatic rings. The smallest absolute Gasteiger partial charge is 0.171 e. The molecule has 4 heteroatoms. The molecule has 0 aliphatic heterocycles. The van der Waals surface area contributed by atoms with Crippen LogP contribution in [0.25, 0.3) is 0 Å². The Morgan fingerprint density at radius 1 is 0.958 bits per heavy atom. The zero-order valence-corrected chi connectivity index (χ0v) is 15.8. The van der Waals surface area contributed by atoms with Crippen molar-refractivity contribution < 1.29 is 4.90 Å². The fourth-order valence-corrected chi connectivity index (χ4v) is 2.88. The molecule has 0 fully saturated rings. The van der Waals surface area contributed by atoms with Crippen LogP contribution in [0, 0.1) is 0 Å². The van der Waals surface area contributed by atoms with Crippen molar-refractivity contribution in [3.63, 3.8) is 0 Å². The molecule has 0 radical (unpaired) electrons. The van der Waals surface area contributed by atoms with Gasteiger partial charge in [0.05, 0.1) is 14.1 Å². The zero-order chi connectivity index (χ0) is 17.5. The fourth-order valence-electron chi connectivity index (χ4n) is 2.62. The van der Waals surface area contributed by atoms with E-state index in [2.05, 4.69) is 87.1 Å². The molecule has 0 unspecified atom stereocenters. The van der Waals surface area contributed by atoms with Gasteiger partial charge in [0.25, 0.3) is 0 Å². The van der Waals surface area contributed by atoms with E-state index in [1.807, 2.05) is 6.07 Å². The summed E-state index contributed by atoms with van der Waals surface area (Å²) < 4.78 is 0. The first-order valence-electron chi connectivity index (χ1n) is 8.47. The summed E-state index contributed by atoms with van der Waals surface area (Å²) in [6, 6.07) is 19.1. The second-order valence-corrected chi connectivity index (χ2v) is 7.16. The first-order chi connectivity index (χ1) is 11.5. The first-order valence-corrected chi connectivity index (χ1v) is 8.88. The SMILES string of the molecule is CC(C)c1ccc(NC(=S)N[C@@H](C[NH+](C)C)c2ccccc2)cc1. The minimum atomic E-state index is 0.186. The van der Waals surface area contributed by atoms with Crippen molar-refractivity contribution in [2.45, 2.75) is 25.8 Å². The predicted octanol–water partition coefficient (Wildman–Crippen LogP) is 2.98. The van der Waals surface area contributed by atoms with Gasteiger partial charge in [-0.3, -0.25) is 0 Å². The molecule has 0 aromatic heterocycles. The summed E-state index contributed by atoms with van der Waals surface area (Å²) in [5.74, 6) is 0.537. The van der Waals surface area contributed by atoms with E-state index in [1.165, 1.54) is 16.0 Å². The number of hydrogen-bond acceptors (Lipinski definition) is 1. The number of hydrogen-bond donors (Lipinski definition) is 3. The van der Waals surface area contributed by atoms with Crippen molar-refractivity contribution in [3.05, 3.63) is 65.7 Å². The lowest BCUT2D eigenvalue weighted by Crippen LogP contribution is -3.06. The highest BCUT2D eigenvalue weighted by atomic mass is 32.1. The Kier molecular flexibility index (Phi) is 6.76. The number of likely N-dealkylation sites (N-methyl/N-ethyl adjacent to an activating group) is 1. The molecule has 1 atom stereocenters. The molecule has 3 N–H and O–H groups in total. The summed E-state index contributed by atoms with van der Waals surface area (Å²) in [4.78, 5) is 1.38. The second-order valence-electron chi connectivity index (χ2n) is 6.75. The van der Waals surface area contributed by atoms with Gasteiger partial charge in [-0.15, -0.1) is 0 Å². The molecule has 2 aromatic carbocycles. The van der Waals surface area contributed by atoms with E-state index in [0.29, 0.717) is 11.0 Å². The van der Waals surface area contributed by atoms with E-state index in [1.54, 1.807) is 0 Å². The van der Waals surface area contributed by atoms with Gasteiger partial charge in [-0.2, -0.15) is 0 Å². The molecular weight excluding hydrogens is 314 g/mol. The van der Waals surface area contributed by atoms with E-state index in [0.717, 1.165) is 12.2 Å². The highest BCUT2D eigenvalue weighted by Gasteiger charge is 2.15. The third-order valence-corrected chi connectivity index (χ3v) is 4.17. The van der Waals surface area contributed by atoms with Crippen LogP contribution in [0.3, 0.4) is 0 Å². The number of benzene rings is 2. The molecule has 0 saturated heterocycles. The lowest BCUT2D eigenvalue weighted by atomic mass is 10.0. The summed E-state index contributed by atoms with van der Waals surface area (Å²) in [6.45, 7) is 5.35. The minimum Gasteiger partial charge on any atom is -0.350 e. The average Bonchev–Trinajstić information content (AvgIpc) is 2.55. The number of thiocarbonyl (C=S) groups is 1. The Hall–Kier alpha value is -1.91. The maximum absolute atomic E-state index is 5.52. The molecule has 3 nitrogen and oxygen atoms in total.